The molecule has 1 N–H and O–H groups in total. The number of aryl methyl sites for hydroxylation is 2. The molecule has 3 aromatic heterocycles. The van der Waals surface area contributed by atoms with E-state index < -0.39 is 0 Å². The summed E-state index contributed by atoms with van der Waals surface area (Å²) in [6.45, 7) is 3.78. The van der Waals surface area contributed by atoms with Crippen LogP contribution in [0.1, 0.15) is 21.9 Å². The number of fused-ring (bicyclic) bond motifs is 1. The van der Waals surface area contributed by atoms with Gasteiger partial charge in [-0.2, -0.15) is 9.61 Å². The smallest absolute Gasteiger partial charge is 0.291 e. The van der Waals surface area contributed by atoms with Gasteiger partial charge in [0.25, 0.3) is 5.91 Å². The van der Waals surface area contributed by atoms with Crippen molar-refractivity contribution in [3.05, 3.63) is 75.7 Å². The number of anilines is 1. The Bertz CT molecular complexity index is 1490. The normalized spacial score (nSPS) is 11.2. The lowest BCUT2D eigenvalue weighted by molar-refractivity contribution is 0.0997. The van der Waals surface area contributed by atoms with E-state index >= 15 is 0 Å². The van der Waals surface area contributed by atoms with Crippen molar-refractivity contribution < 1.29 is 9.21 Å². The third kappa shape index (κ3) is 3.66. The summed E-state index contributed by atoms with van der Waals surface area (Å²) in [7, 11) is 0. The van der Waals surface area contributed by atoms with Crippen LogP contribution < -0.4 is 5.32 Å². The van der Waals surface area contributed by atoms with E-state index in [1.54, 1.807) is 34.8 Å². The Labute approximate surface area is 196 Å². The van der Waals surface area contributed by atoms with E-state index in [0.717, 1.165) is 26.9 Å². The van der Waals surface area contributed by atoms with Gasteiger partial charge in [-0.15, -0.1) is 10.2 Å². The second-order valence-corrected chi connectivity index (χ2v) is 8.84. The molecule has 0 aliphatic carbocycles. The van der Waals surface area contributed by atoms with Crippen LogP contribution in [-0.2, 0) is 0 Å². The molecule has 10 heteroatoms. The van der Waals surface area contributed by atoms with E-state index in [1.807, 2.05) is 32.0 Å². The van der Waals surface area contributed by atoms with Gasteiger partial charge in [0.1, 0.15) is 10.8 Å². The summed E-state index contributed by atoms with van der Waals surface area (Å²) in [4.78, 5) is 13.5. The molecular formula is C22H15Cl2N5O2S. The second-order valence-electron chi connectivity index (χ2n) is 7.10. The lowest BCUT2D eigenvalue weighted by Crippen LogP contribution is -2.11. The van der Waals surface area contributed by atoms with Gasteiger partial charge < -0.3 is 9.73 Å². The van der Waals surface area contributed by atoms with Gasteiger partial charge in [-0.3, -0.25) is 4.79 Å². The molecule has 1 amide bonds. The third-order valence-corrected chi connectivity index (χ3v) is 6.68. The Kier molecular flexibility index (Phi) is 5.21. The zero-order valence-corrected chi connectivity index (χ0v) is 19.2. The number of halogens is 2. The average molecular weight is 484 g/mol. The van der Waals surface area contributed by atoms with Crippen LogP contribution in [0.5, 0.6) is 0 Å². The number of benzene rings is 2. The second kappa shape index (κ2) is 8.05. The van der Waals surface area contributed by atoms with Gasteiger partial charge >= 0.3 is 0 Å². The Morgan fingerprint density at radius 3 is 2.72 bits per heavy atom. The molecule has 0 bridgehead atoms. The zero-order valence-electron chi connectivity index (χ0n) is 16.9. The molecule has 0 atom stereocenters. The maximum Gasteiger partial charge on any atom is 0.291 e. The molecule has 3 heterocycles. The topological polar surface area (TPSA) is 85.3 Å². The van der Waals surface area contributed by atoms with Crippen LogP contribution in [0.25, 0.3) is 26.9 Å². The summed E-state index contributed by atoms with van der Waals surface area (Å²) in [5.41, 5.74) is 3.13. The first-order valence-corrected chi connectivity index (χ1v) is 11.1. The van der Waals surface area contributed by atoms with Crippen molar-refractivity contribution in [3.63, 3.8) is 0 Å². The number of aromatic nitrogens is 4. The Morgan fingerprint density at radius 2 is 1.94 bits per heavy atom. The van der Waals surface area contributed by atoms with Crippen molar-refractivity contribution in [3.8, 4) is 21.9 Å². The number of carbonyl (C=O) groups excluding carboxylic acids is 1. The van der Waals surface area contributed by atoms with Crippen LogP contribution in [0.4, 0.5) is 5.69 Å². The molecule has 0 aliphatic heterocycles. The first-order valence-electron chi connectivity index (χ1n) is 9.56. The Morgan fingerprint density at radius 1 is 1.09 bits per heavy atom. The van der Waals surface area contributed by atoms with Crippen molar-refractivity contribution in [1.29, 1.82) is 0 Å². The summed E-state index contributed by atoms with van der Waals surface area (Å²) >= 11 is 13.8. The predicted molar refractivity (Wildman–Crippen MR) is 126 cm³/mol. The van der Waals surface area contributed by atoms with E-state index in [4.69, 9.17) is 27.6 Å². The number of hydrogen-bond donors (Lipinski definition) is 1. The number of amides is 1. The molecule has 0 saturated heterocycles. The average Bonchev–Trinajstić information content (AvgIpc) is 3.49. The van der Waals surface area contributed by atoms with Crippen molar-refractivity contribution in [2.24, 2.45) is 0 Å². The summed E-state index contributed by atoms with van der Waals surface area (Å²) in [5.74, 6) is 1.01. The highest BCUT2D eigenvalue weighted by molar-refractivity contribution is 7.19. The molecule has 160 valence electrons. The van der Waals surface area contributed by atoms with Gasteiger partial charge in [-0.1, -0.05) is 40.6 Å². The van der Waals surface area contributed by atoms with Crippen molar-refractivity contribution in [2.45, 2.75) is 13.8 Å². The molecule has 32 heavy (non-hydrogen) atoms. The van der Waals surface area contributed by atoms with Crippen LogP contribution in [0, 0.1) is 13.8 Å². The number of furan rings is 1. The number of rotatable bonds is 4. The van der Waals surface area contributed by atoms with Crippen molar-refractivity contribution in [1.82, 2.24) is 19.8 Å². The summed E-state index contributed by atoms with van der Waals surface area (Å²) < 4.78 is 7.44. The SMILES string of the molecule is Cc1cc(-c2nn3c(C)nnc3s2)ccc1NC(=O)c1ccc(-c2cccc(Cl)c2Cl)o1. The highest BCUT2D eigenvalue weighted by Gasteiger charge is 2.17. The molecule has 0 spiro atoms. The molecular weight excluding hydrogens is 469 g/mol. The van der Waals surface area contributed by atoms with Gasteiger partial charge in [0.05, 0.1) is 10.0 Å². The summed E-state index contributed by atoms with van der Waals surface area (Å²) in [6, 6.07) is 14.3. The number of nitrogens with zero attached hydrogens (tertiary/aromatic N) is 4. The minimum Gasteiger partial charge on any atom is -0.451 e. The van der Waals surface area contributed by atoms with Gasteiger partial charge in [0, 0.05) is 16.8 Å². The first kappa shape index (κ1) is 20.7. The summed E-state index contributed by atoms with van der Waals surface area (Å²) in [6.07, 6.45) is 0. The number of carbonyl (C=O) groups is 1. The number of hydrogen-bond acceptors (Lipinski definition) is 6. The largest absolute Gasteiger partial charge is 0.451 e. The molecule has 0 fully saturated rings. The first-order chi connectivity index (χ1) is 15.4. The van der Waals surface area contributed by atoms with E-state index in [9.17, 15) is 4.79 Å². The van der Waals surface area contributed by atoms with Gasteiger partial charge in [-0.25, -0.2) is 0 Å². The monoisotopic (exact) mass is 483 g/mol. The van der Waals surface area contributed by atoms with E-state index in [-0.39, 0.29) is 11.7 Å². The minimum atomic E-state index is -0.361. The van der Waals surface area contributed by atoms with E-state index in [1.165, 1.54) is 11.3 Å². The third-order valence-electron chi connectivity index (χ3n) is 4.92. The Balaban J connectivity index is 1.37. The quantitative estimate of drug-likeness (QED) is 0.324. The van der Waals surface area contributed by atoms with Crippen LogP contribution >= 0.6 is 34.5 Å². The standard InChI is InChI=1S/C22H15Cl2N5O2S/c1-11-10-13(21-28-29-12(2)26-27-22(29)32-21)6-7-16(11)25-20(30)18-9-8-17(31-18)14-4-3-5-15(23)19(14)24/h3-10H,1-2H3,(H,25,30). The zero-order chi connectivity index (χ0) is 22.4. The highest BCUT2D eigenvalue weighted by atomic mass is 35.5. The van der Waals surface area contributed by atoms with E-state index in [2.05, 4.69) is 20.6 Å². The minimum absolute atomic E-state index is 0.170. The maximum absolute atomic E-state index is 12.7. The fraction of sp³-hybridized carbons (Fsp3) is 0.0909. The van der Waals surface area contributed by atoms with Crippen molar-refractivity contribution in [2.75, 3.05) is 5.32 Å². The molecule has 0 aliphatic rings. The van der Waals surface area contributed by atoms with Gasteiger partial charge in [-0.05, 0) is 61.9 Å². The van der Waals surface area contributed by atoms with Crippen LogP contribution in [0.15, 0.2) is 52.9 Å². The molecule has 0 radical (unpaired) electrons. The highest BCUT2D eigenvalue weighted by Crippen LogP contribution is 2.34. The molecule has 0 unspecified atom stereocenters. The van der Waals surface area contributed by atoms with E-state index in [0.29, 0.717) is 27.1 Å². The summed E-state index contributed by atoms with van der Waals surface area (Å²) in [5, 5.41) is 17.2. The lowest BCUT2D eigenvalue weighted by Gasteiger charge is -2.08. The molecule has 2 aromatic carbocycles. The Hall–Kier alpha value is -3.20. The molecule has 5 aromatic rings. The predicted octanol–water partition coefficient (Wildman–Crippen LogP) is 6.29. The fourth-order valence-electron chi connectivity index (χ4n) is 3.25. The molecule has 7 nitrogen and oxygen atoms in total. The number of nitrogens with one attached hydrogen (secondary N) is 1. The molecule has 0 saturated carbocycles. The van der Waals surface area contributed by atoms with Crippen LogP contribution in [0.3, 0.4) is 0 Å². The van der Waals surface area contributed by atoms with Gasteiger partial charge in [0.2, 0.25) is 4.96 Å². The lowest BCUT2D eigenvalue weighted by atomic mass is 10.1. The molecule has 5 rings (SSSR count). The maximum atomic E-state index is 12.7. The van der Waals surface area contributed by atoms with Crippen LogP contribution in [-0.4, -0.2) is 25.7 Å². The van der Waals surface area contributed by atoms with Crippen LogP contribution in [0.2, 0.25) is 10.0 Å². The van der Waals surface area contributed by atoms with Gasteiger partial charge in [0.15, 0.2) is 11.6 Å². The van der Waals surface area contributed by atoms with Crippen molar-refractivity contribution >= 4 is 51.1 Å². The fourth-order valence-corrected chi connectivity index (χ4v) is 4.53.